The molecule has 1 aromatic heterocycles. The first kappa shape index (κ1) is 14.1. The molecule has 1 aromatic carbocycles. The summed E-state index contributed by atoms with van der Waals surface area (Å²) in [6, 6.07) is 5.04. The number of benzene rings is 1. The van der Waals surface area contributed by atoms with E-state index in [0.29, 0.717) is 23.2 Å². The Kier molecular flexibility index (Phi) is 4.08. The van der Waals surface area contributed by atoms with E-state index in [-0.39, 0.29) is 5.56 Å². The van der Waals surface area contributed by atoms with E-state index in [2.05, 4.69) is 6.92 Å². The molecule has 0 spiro atoms. The molecule has 0 fully saturated rings. The van der Waals surface area contributed by atoms with Crippen molar-refractivity contribution in [2.24, 2.45) is 0 Å². The lowest BCUT2D eigenvalue weighted by atomic mass is 10.1. The van der Waals surface area contributed by atoms with Gasteiger partial charge in [0.1, 0.15) is 11.3 Å². The topological polar surface area (TPSA) is 68.5 Å². The molecule has 0 saturated carbocycles. The average molecular weight is 275 g/mol. The number of aryl methyl sites for hydroxylation is 1. The number of hydrogen-bond donors (Lipinski definition) is 1. The Morgan fingerprint density at radius 3 is 2.75 bits per heavy atom. The Labute approximate surface area is 116 Å². The maximum absolute atomic E-state index is 12.2. The van der Waals surface area contributed by atoms with Crippen LogP contribution < -0.4 is 10.2 Å². The number of unbranched alkanes of at least 4 members (excludes halogenated alkanes) is 1. The summed E-state index contributed by atoms with van der Waals surface area (Å²) in [5.74, 6) is -0.553. The minimum atomic E-state index is -1.20. The number of nitrogens with zero attached hydrogens (tertiary/aromatic N) is 1. The summed E-state index contributed by atoms with van der Waals surface area (Å²) < 4.78 is 6.98. The molecule has 0 saturated heterocycles. The molecule has 0 unspecified atom stereocenters. The van der Waals surface area contributed by atoms with Gasteiger partial charge in [0.05, 0.1) is 12.6 Å². The third-order valence-corrected chi connectivity index (χ3v) is 3.27. The fourth-order valence-corrected chi connectivity index (χ4v) is 2.16. The first-order valence-electron chi connectivity index (χ1n) is 6.53. The number of carboxylic acid groups (broad SMARTS) is 1. The summed E-state index contributed by atoms with van der Waals surface area (Å²) in [7, 11) is 1.56. The van der Waals surface area contributed by atoms with Crippen LogP contribution in [0.5, 0.6) is 5.75 Å². The monoisotopic (exact) mass is 275 g/mol. The number of methoxy groups -OCH3 is 1. The smallest absolute Gasteiger partial charge is 0.341 e. The van der Waals surface area contributed by atoms with E-state index in [9.17, 15) is 9.59 Å². The van der Waals surface area contributed by atoms with Gasteiger partial charge >= 0.3 is 5.97 Å². The number of pyridine rings is 1. The zero-order chi connectivity index (χ0) is 14.7. The van der Waals surface area contributed by atoms with Crippen LogP contribution in [-0.4, -0.2) is 22.8 Å². The molecule has 1 N–H and O–H groups in total. The number of rotatable bonds is 5. The van der Waals surface area contributed by atoms with Gasteiger partial charge in [0.15, 0.2) is 0 Å². The van der Waals surface area contributed by atoms with Gasteiger partial charge in [-0.1, -0.05) is 13.3 Å². The first-order chi connectivity index (χ1) is 9.58. The number of carboxylic acids is 1. The lowest BCUT2D eigenvalue weighted by Gasteiger charge is -2.12. The Bertz CT molecular complexity index is 703. The largest absolute Gasteiger partial charge is 0.497 e. The van der Waals surface area contributed by atoms with Crippen molar-refractivity contribution in [3.05, 3.63) is 40.2 Å². The molecule has 5 heteroatoms. The van der Waals surface area contributed by atoms with Gasteiger partial charge in [0.2, 0.25) is 5.43 Å². The molecule has 0 aliphatic heterocycles. The number of aromatic carboxylic acids is 1. The van der Waals surface area contributed by atoms with Crippen LogP contribution >= 0.6 is 0 Å². The molecular formula is C15H17NO4. The highest BCUT2D eigenvalue weighted by Gasteiger charge is 2.14. The summed E-state index contributed by atoms with van der Waals surface area (Å²) in [6.07, 6.45) is 3.32. The third-order valence-electron chi connectivity index (χ3n) is 3.27. The number of aromatic nitrogens is 1. The van der Waals surface area contributed by atoms with Crippen LogP contribution in [0.4, 0.5) is 0 Å². The summed E-state index contributed by atoms with van der Waals surface area (Å²) in [6.45, 7) is 2.73. The van der Waals surface area contributed by atoms with Gasteiger partial charge in [-0.05, 0) is 18.6 Å². The first-order valence-corrected chi connectivity index (χ1v) is 6.53. The summed E-state index contributed by atoms with van der Waals surface area (Å²) in [4.78, 5) is 23.3. The van der Waals surface area contributed by atoms with Gasteiger partial charge in [-0.2, -0.15) is 0 Å². The van der Waals surface area contributed by atoms with E-state index in [1.165, 1.54) is 6.20 Å². The predicted molar refractivity (Wildman–Crippen MR) is 76.6 cm³/mol. The van der Waals surface area contributed by atoms with Gasteiger partial charge in [0, 0.05) is 24.2 Å². The van der Waals surface area contributed by atoms with Gasteiger partial charge in [-0.25, -0.2) is 4.79 Å². The van der Waals surface area contributed by atoms with E-state index in [1.54, 1.807) is 25.3 Å². The van der Waals surface area contributed by atoms with E-state index in [1.807, 2.05) is 4.57 Å². The SMILES string of the molecule is CCCCn1cc(C(=O)O)c(=O)c2ccc(OC)cc21. The van der Waals surface area contributed by atoms with Crippen LogP contribution in [0.3, 0.4) is 0 Å². The second-order valence-electron chi connectivity index (χ2n) is 4.61. The Balaban J connectivity index is 2.74. The second kappa shape index (κ2) is 5.77. The minimum Gasteiger partial charge on any atom is -0.497 e. The normalized spacial score (nSPS) is 10.7. The lowest BCUT2D eigenvalue weighted by molar-refractivity contribution is 0.0695. The summed E-state index contributed by atoms with van der Waals surface area (Å²) in [5.41, 5.74) is 0.0504. The van der Waals surface area contributed by atoms with Crippen molar-refractivity contribution in [1.29, 1.82) is 0 Å². The lowest BCUT2D eigenvalue weighted by Crippen LogP contribution is -2.19. The van der Waals surface area contributed by atoms with Crippen LogP contribution in [-0.2, 0) is 6.54 Å². The molecule has 2 aromatic rings. The Hall–Kier alpha value is -2.30. The Morgan fingerprint density at radius 2 is 2.15 bits per heavy atom. The van der Waals surface area contributed by atoms with Crippen molar-refractivity contribution >= 4 is 16.9 Å². The fourth-order valence-electron chi connectivity index (χ4n) is 2.16. The van der Waals surface area contributed by atoms with Crippen molar-refractivity contribution in [2.45, 2.75) is 26.3 Å². The van der Waals surface area contributed by atoms with Crippen LogP contribution in [0.15, 0.2) is 29.2 Å². The predicted octanol–water partition coefficient (Wildman–Crippen LogP) is 2.51. The highest BCUT2D eigenvalue weighted by Crippen LogP contribution is 2.19. The molecule has 0 radical (unpaired) electrons. The third kappa shape index (κ3) is 2.52. The molecule has 20 heavy (non-hydrogen) atoms. The van der Waals surface area contributed by atoms with Crippen LogP contribution in [0.1, 0.15) is 30.1 Å². The second-order valence-corrected chi connectivity index (χ2v) is 4.61. The molecule has 0 amide bonds. The van der Waals surface area contributed by atoms with Crippen molar-refractivity contribution in [3.63, 3.8) is 0 Å². The molecule has 0 aliphatic carbocycles. The quantitative estimate of drug-likeness (QED) is 0.910. The van der Waals surface area contributed by atoms with Crippen LogP contribution in [0.2, 0.25) is 0 Å². The maximum atomic E-state index is 12.2. The fraction of sp³-hybridized carbons (Fsp3) is 0.333. The zero-order valence-electron chi connectivity index (χ0n) is 11.5. The highest BCUT2D eigenvalue weighted by molar-refractivity contribution is 5.92. The minimum absolute atomic E-state index is 0.196. The van der Waals surface area contributed by atoms with Gasteiger partial charge in [-0.3, -0.25) is 4.79 Å². The van der Waals surface area contributed by atoms with E-state index >= 15 is 0 Å². The molecule has 5 nitrogen and oxygen atoms in total. The van der Waals surface area contributed by atoms with Gasteiger partial charge < -0.3 is 14.4 Å². The molecular weight excluding hydrogens is 258 g/mol. The molecule has 1 heterocycles. The van der Waals surface area contributed by atoms with Gasteiger partial charge in [-0.15, -0.1) is 0 Å². The molecule has 0 bridgehead atoms. The average Bonchev–Trinajstić information content (AvgIpc) is 2.45. The van der Waals surface area contributed by atoms with Crippen LogP contribution in [0.25, 0.3) is 10.9 Å². The molecule has 0 aliphatic rings. The standard InChI is InChI=1S/C15H17NO4/c1-3-4-7-16-9-12(15(18)19)14(17)11-6-5-10(20-2)8-13(11)16/h5-6,8-9H,3-4,7H2,1-2H3,(H,18,19). The number of carbonyl (C=O) groups is 1. The van der Waals surface area contributed by atoms with Crippen molar-refractivity contribution in [1.82, 2.24) is 4.57 Å². The molecule has 106 valence electrons. The summed E-state index contributed by atoms with van der Waals surface area (Å²) >= 11 is 0. The van der Waals surface area contributed by atoms with Crippen molar-refractivity contribution in [2.75, 3.05) is 7.11 Å². The number of hydrogen-bond acceptors (Lipinski definition) is 3. The van der Waals surface area contributed by atoms with E-state index in [0.717, 1.165) is 12.8 Å². The zero-order valence-corrected chi connectivity index (χ0v) is 11.5. The highest BCUT2D eigenvalue weighted by atomic mass is 16.5. The van der Waals surface area contributed by atoms with E-state index in [4.69, 9.17) is 9.84 Å². The number of ether oxygens (including phenoxy) is 1. The van der Waals surface area contributed by atoms with Crippen molar-refractivity contribution in [3.8, 4) is 5.75 Å². The van der Waals surface area contributed by atoms with Crippen molar-refractivity contribution < 1.29 is 14.6 Å². The number of fused-ring (bicyclic) bond motifs is 1. The molecule has 0 atom stereocenters. The summed E-state index contributed by atoms with van der Waals surface area (Å²) in [5, 5.41) is 9.54. The van der Waals surface area contributed by atoms with E-state index < -0.39 is 11.4 Å². The van der Waals surface area contributed by atoms with Gasteiger partial charge in [0.25, 0.3) is 0 Å². The van der Waals surface area contributed by atoms with Crippen LogP contribution in [0, 0.1) is 0 Å². The molecule has 2 rings (SSSR count). The maximum Gasteiger partial charge on any atom is 0.341 e. The Morgan fingerprint density at radius 1 is 1.40 bits per heavy atom.